The van der Waals surface area contributed by atoms with Crippen LogP contribution in [-0.2, 0) is 16.1 Å². The van der Waals surface area contributed by atoms with Crippen LogP contribution in [0.5, 0.6) is 0 Å². The van der Waals surface area contributed by atoms with Crippen LogP contribution < -0.4 is 5.32 Å². The fourth-order valence-corrected chi connectivity index (χ4v) is 1.75. The lowest BCUT2D eigenvalue weighted by atomic mass is 10.2. The molecule has 4 heteroatoms. The van der Waals surface area contributed by atoms with Crippen LogP contribution in [-0.4, -0.2) is 30.3 Å². The Labute approximate surface area is 107 Å². The van der Waals surface area contributed by atoms with Crippen LogP contribution in [0.3, 0.4) is 0 Å². The molecule has 18 heavy (non-hydrogen) atoms. The average Bonchev–Trinajstić information content (AvgIpc) is 3.21. The van der Waals surface area contributed by atoms with Gasteiger partial charge in [0.25, 0.3) is 0 Å². The highest BCUT2D eigenvalue weighted by molar-refractivity contribution is 5.77. The minimum Gasteiger partial charge on any atom is -0.391 e. The number of aliphatic hydroxyl groups is 1. The molecule has 1 aromatic rings. The summed E-state index contributed by atoms with van der Waals surface area (Å²) in [6, 6.07) is 9.72. The van der Waals surface area contributed by atoms with Crippen molar-refractivity contribution < 1.29 is 14.6 Å². The zero-order valence-corrected chi connectivity index (χ0v) is 10.3. The number of amides is 1. The molecule has 0 aromatic heterocycles. The standard InChI is InChI=1S/C14H19NO3/c16-13(12-6-7-12)8-15-14(17)10-18-9-11-4-2-1-3-5-11/h1-5,12-13,16H,6-10H2,(H,15,17). The third-order valence-electron chi connectivity index (χ3n) is 3.02. The van der Waals surface area contributed by atoms with Gasteiger partial charge in [-0.25, -0.2) is 0 Å². The number of nitrogens with one attached hydrogen (secondary N) is 1. The molecular formula is C14H19NO3. The van der Waals surface area contributed by atoms with Crippen molar-refractivity contribution in [2.45, 2.75) is 25.6 Å². The van der Waals surface area contributed by atoms with Crippen molar-refractivity contribution >= 4 is 5.91 Å². The molecule has 1 atom stereocenters. The predicted molar refractivity (Wildman–Crippen MR) is 67.8 cm³/mol. The molecule has 4 nitrogen and oxygen atoms in total. The molecule has 1 unspecified atom stereocenters. The molecule has 1 fully saturated rings. The lowest BCUT2D eigenvalue weighted by Gasteiger charge is -2.10. The van der Waals surface area contributed by atoms with Crippen LogP contribution in [0.4, 0.5) is 0 Å². The normalized spacial score (nSPS) is 16.3. The average molecular weight is 249 g/mol. The van der Waals surface area contributed by atoms with Crippen molar-refractivity contribution in [2.75, 3.05) is 13.2 Å². The van der Waals surface area contributed by atoms with Crippen LogP contribution in [0.15, 0.2) is 30.3 Å². The van der Waals surface area contributed by atoms with Gasteiger partial charge in [0, 0.05) is 6.54 Å². The van der Waals surface area contributed by atoms with E-state index in [4.69, 9.17) is 4.74 Å². The summed E-state index contributed by atoms with van der Waals surface area (Å²) in [6.45, 7) is 0.796. The molecule has 2 N–H and O–H groups in total. The van der Waals surface area contributed by atoms with Gasteiger partial charge >= 0.3 is 0 Å². The number of carbonyl (C=O) groups excluding carboxylic acids is 1. The minimum atomic E-state index is -0.400. The number of hydrogen-bond donors (Lipinski definition) is 2. The van der Waals surface area contributed by atoms with E-state index in [0.29, 0.717) is 19.1 Å². The monoisotopic (exact) mass is 249 g/mol. The van der Waals surface area contributed by atoms with E-state index in [-0.39, 0.29) is 12.5 Å². The third kappa shape index (κ3) is 4.47. The summed E-state index contributed by atoms with van der Waals surface area (Å²) < 4.78 is 5.30. The second-order valence-corrected chi connectivity index (χ2v) is 4.69. The van der Waals surface area contributed by atoms with Crippen LogP contribution in [0.1, 0.15) is 18.4 Å². The van der Waals surface area contributed by atoms with E-state index in [0.717, 1.165) is 18.4 Å². The molecule has 1 aliphatic carbocycles. The summed E-state index contributed by atoms with van der Waals surface area (Å²) in [5.41, 5.74) is 1.04. The zero-order chi connectivity index (χ0) is 12.8. The summed E-state index contributed by atoms with van der Waals surface area (Å²) in [4.78, 5) is 11.4. The highest BCUT2D eigenvalue weighted by atomic mass is 16.5. The maximum atomic E-state index is 11.4. The van der Waals surface area contributed by atoms with Crippen molar-refractivity contribution in [2.24, 2.45) is 5.92 Å². The Kier molecular flexibility index (Phi) is 4.73. The molecule has 0 spiro atoms. The molecule has 0 heterocycles. The highest BCUT2D eigenvalue weighted by Crippen LogP contribution is 2.32. The largest absolute Gasteiger partial charge is 0.391 e. The Morgan fingerprint density at radius 2 is 2.11 bits per heavy atom. The summed E-state index contributed by atoms with van der Waals surface area (Å²) in [5, 5.41) is 12.3. The number of benzene rings is 1. The summed E-state index contributed by atoms with van der Waals surface area (Å²) in [6.07, 6.45) is 1.74. The Morgan fingerprint density at radius 3 is 2.78 bits per heavy atom. The lowest BCUT2D eigenvalue weighted by molar-refractivity contribution is -0.126. The zero-order valence-electron chi connectivity index (χ0n) is 10.3. The molecule has 98 valence electrons. The molecule has 0 aliphatic heterocycles. The number of aliphatic hydroxyl groups excluding tert-OH is 1. The van der Waals surface area contributed by atoms with Gasteiger partial charge in [-0.2, -0.15) is 0 Å². The second-order valence-electron chi connectivity index (χ2n) is 4.69. The van der Waals surface area contributed by atoms with Crippen molar-refractivity contribution in [3.05, 3.63) is 35.9 Å². The van der Waals surface area contributed by atoms with Crippen LogP contribution in [0.25, 0.3) is 0 Å². The van der Waals surface area contributed by atoms with E-state index >= 15 is 0 Å². The maximum absolute atomic E-state index is 11.4. The topological polar surface area (TPSA) is 58.6 Å². The first-order valence-electron chi connectivity index (χ1n) is 6.32. The predicted octanol–water partition coefficient (Wildman–Crippen LogP) is 1.09. The summed E-state index contributed by atoms with van der Waals surface area (Å²) in [5.74, 6) is 0.209. The second kappa shape index (κ2) is 6.52. The molecule has 2 rings (SSSR count). The molecule has 1 aromatic carbocycles. The Bertz CT molecular complexity index is 376. The van der Waals surface area contributed by atoms with E-state index in [1.807, 2.05) is 30.3 Å². The van der Waals surface area contributed by atoms with Crippen LogP contribution in [0.2, 0.25) is 0 Å². The van der Waals surface area contributed by atoms with E-state index in [2.05, 4.69) is 5.32 Å². The Balaban J connectivity index is 1.57. The number of rotatable bonds is 7. The summed E-state index contributed by atoms with van der Waals surface area (Å²) >= 11 is 0. The van der Waals surface area contributed by atoms with Crippen molar-refractivity contribution in [1.82, 2.24) is 5.32 Å². The number of carbonyl (C=O) groups is 1. The van der Waals surface area contributed by atoms with Crippen molar-refractivity contribution in [3.63, 3.8) is 0 Å². The molecule has 0 bridgehead atoms. The van der Waals surface area contributed by atoms with Gasteiger partial charge in [0.05, 0.1) is 12.7 Å². The van der Waals surface area contributed by atoms with Gasteiger partial charge in [0.1, 0.15) is 6.61 Å². The van der Waals surface area contributed by atoms with Gasteiger partial charge in [0.15, 0.2) is 0 Å². The van der Waals surface area contributed by atoms with Crippen LogP contribution in [0, 0.1) is 5.92 Å². The van der Waals surface area contributed by atoms with E-state index < -0.39 is 6.10 Å². The van der Waals surface area contributed by atoms with E-state index in [1.165, 1.54) is 0 Å². The van der Waals surface area contributed by atoms with Gasteiger partial charge in [-0.15, -0.1) is 0 Å². The molecule has 1 amide bonds. The van der Waals surface area contributed by atoms with E-state index in [9.17, 15) is 9.90 Å². The van der Waals surface area contributed by atoms with Gasteiger partial charge < -0.3 is 15.2 Å². The first-order valence-corrected chi connectivity index (χ1v) is 6.32. The maximum Gasteiger partial charge on any atom is 0.246 e. The molecule has 0 saturated heterocycles. The minimum absolute atomic E-state index is 0.0340. The molecule has 1 saturated carbocycles. The first kappa shape index (κ1) is 13.1. The van der Waals surface area contributed by atoms with E-state index in [1.54, 1.807) is 0 Å². The number of ether oxygens (including phenoxy) is 1. The molecular weight excluding hydrogens is 230 g/mol. The van der Waals surface area contributed by atoms with Crippen molar-refractivity contribution in [3.8, 4) is 0 Å². The fourth-order valence-electron chi connectivity index (χ4n) is 1.75. The summed E-state index contributed by atoms with van der Waals surface area (Å²) in [7, 11) is 0. The Morgan fingerprint density at radius 1 is 1.39 bits per heavy atom. The fraction of sp³-hybridized carbons (Fsp3) is 0.500. The highest BCUT2D eigenvalue weighted by Gasteiger charge is 2.29. The van der Waals surface area contributed by atoms with Gasteiger partial charge in [-0.3, -0.25) is 4.79 Å². The third-order valence-corrected chi connectivity index (χ3v) is 3.02. The first-order chi connectivity index (χ1) is 8.75. The van der Waals surface area contributed by atoms with Gasteiger partial charge in [0.2, 0.25) is 5.91 Å². The number of hydrogen-bond acceptors (Lipinski definition) is 3. The quantitative estimate of drug-likeness (QED) is 0.760. The van der Waals surface area contributed by atoms with Gasteiger partial charge in [-0.05, 0) is 24.3 Å². The SMILES string of the molecule is O=C(COCc1ccccc1)NCC(O)C1CC1. The molecule has 0 radical (unpaired) electrons. The molecule has 1 aliphatic rings. The smallest absolute Gasteiger partial charge is 0.246 e. The van der Waals surface area contributed by atoms with Gasteiger partial charge in [-0.1, -0.05) is 30.3 Å². The van der Waals surface area contributed by atoms with Crippen molar-refractivity contribution in [1.29, 1.82) is 0 Å². The van der Waals surface area contributed by atoms with Crippen LogP contribution >= 0.6 is 0 Å². The Hall–Kier alpha value is -1.39. The lowest BCUT2D eigenvalue weighted by Crippen LogP contribution is -2.35.